The van der Waals surface area contributed by atoms with Crippen LogP contribution in [0.15, 0.2) is 23.1 Å². The Morgan fingerprint density at radius 2 is 1.95 bits per heavy atom. The van der Waals surface area contributed by atoms with Crippen LogP contribution >= 0.6 is 0 Å². The van der Waals surface area contributed by atoms with E-state index in [1.165, 1.54) is 19.9 Å². The van der Waals surface area contributed by atoms with Gasteiger partial charge in [0.15, 0.2) is 0 Å². The number of aryl methyl sites for hydroxylation is 1. The second kappa shape index (κ2) is 6.77. The van der Waals surface area contributed by atoms with Crippen LogP contribution in [-0.4, -0.2) is 34.7 Å². The molecule has 0 amide bonds. The summed E-state index contributed by atoms with van der Waals surface area (Å²) in [5, 5.41) is 3.43. The zero-order valence-corrected chi connectivity index (χ0v) is 13.7. The fourth-order valence-corrected chi connectivity index (χ4v) is 3.84. The molecule has 1 saturated carbocycles. The topological polar surface area (TPSA) is 67.4 Å². The van der Waals surface area contributed by atoms with Gasteiger partial charge in [-0.25, -0.2) is 13.1 Å². The third kappa shape index (κ3) is 3.75. The molecule has 0 saturated heterocycles. The number of hydrogen-bond donors (Lipinski definition) is 2. The number of ether oxygens (including phenoxy) is 1. The molecule has 1 aromatic rings. The molecule has 2 atom stereocenters. The summed E-state index contributed by atoms with van der Waals surface area (Å²) < 4.78 is 31.9. The lowest BCUT2D eigenvalue weighted by molar-refractivity contribution is 0.0606. The van der Waals surface area contributed by atoms with Crippen molar-refractivity contribution >= 4 is 15.7 Å². The Morgan fingerprint density at radius 1 is 1.24 bits per heavy atom. The predicted molar refractivity (Wildman–Crippen MR) is 84.1 cm³/mol. The van der Waals surface area contributed by atoms with Crippen molar-refractivity contribution in [2.45, 2.75) is 49.6 Å². The Kier molecular flexibility index (Phi) is 5.24. The minimum Gasteiger partial charge on any atom is -0.380 e. The summed E-state index contributed by atoms with van der Waals surface area (Å²) in [6, 6.07) is 5.68. The second-order valence-electron chi connectivity index (χ2n) is 5.50. The van der Waals surface area contributed by atoms with E-state index in [-0.39, 0.29) is 12.1 Å². The summed E-state index contributed by atoms with van der Waals surface area (Å²) in [5.74, 6) is 0. The van der Waals surface area contributed by atoms with E-state index in [1.54, 1.807) is 20.1 Å². The van der Waals surface area contributed by atoms with Gasteiger partial charge in [0.25, 0.3) is 0 Å². The third-order valence-electron chi connectivity index (χ3n) is 4.10. The quantitative estimate of drug-likeness (QED) is 0.875. The molecule has 6 heteroatoms. The van der Waals surface area contributed by atoms with Gasteiger partial charge in [0, 0.05) is 12.8 Å². The first kappa shape index (κ1) is 16.3. The van der Waals surface area contributed by atoms with Crippen LogP contribution in [0, 0.1) is 6.92 Å². The Labute approximate surface area is 127 Å². The number of sulfonamides is 1. The lowest BCUT2D eigenvalue weighted by Crippen LogP contribution is -2.37. The molecule has 2 N–H and O–H groups in total. The standard InChI is InChI=1S/C15H24N2O3S/c1-11-8-9-12(10-15(11)21(18,19)16-2)17-13-6-4-5-7-14(13)20-3/h8-10,13-14,16-17H,4-7H2,1-3H3. The molecule has 0 aliphatic heterocycles. The molecule has 0 aromatic heterocycles. The highest BCUT2D eigenvalue weighted by atomic mass is 32.2. The van der Waals surface area contributed by atoms with Gasteiger partial charge in [-0.05, 0) is 44.5 Å². The van der Waals surface area contributed by atoms with Crippen LogP contribution in [0.25, 0.3) is 0 Å². The molecule has 1 aliphatic rings. The van der Waals surface area contributed by atoms with E-state index < -0.39 is 10.0 Å². The maximum atomic E-state index is 12.0. The van der Waals surface area contributed by atoms with Gasteiger partial charge in [0.05, 0.1) is 17.0 Å². The molecule has 0 spiro atoms. The van der Waals surface area contributed by atoms with Crippen LogP contribution in [0.1, 0.15) is 31.2 Å². The zero-order valence-electron chi connectivity index (χ0n) is 12.8. The molecule has 118 valence electrons. The van der Waals surface area contributed by atoms with Crippen LogP contribution in [0.5, 0.6) is 0 Å². The minimum absolute atomic E-state index is 0.185. The monoisotopic (exact) mass is 312 g/mol. The highest BCUT2D eigenvalue weighted by molar-refractivity contribution is 7.89. The normalized spacial score (nSPS) is 23.0. The Balaban J connectivity index is 2.23. The van der Waals surface area contributed by atoms with E-state index in [0.29, 0.717) is 4.90 Å². The van der Waals surface area contributed by atoms with E-state index in [2.05, 4.69) is 10.0 Å². The average Bonchev–Trinajstić information content (AvgIpc) is 2.49. The largest absolute Gasteiger partial charge is 0.380 e. The molecule has 2 unspecified atom stereocenters. The van der Waals surface area contributed by atoms with Crippen molar-refractivity contribution in [1.29, 1.82) is 0 Å². The second-order valence-corrected chi connectivity index (χ2v) is 7.35. The highest BCUT2D eigenvalue weighted by Crippen LogP contribution is 2.26. The Bertz CT molecular complexity index is 587. The smallest absolute Gasteiger partial charge is 0.240 e. The van der Waals surface area contributed by atoms with E-state index in [9.17, 15) is 8.42 Å². The lowest BCUT2D eigenvalue weighted by atomic mass is 9.92. The third-order valence-corrected chi connectivity index (χ3v) is 5.66. The van der Waals surface area contributed by atoms with Crippen molar-refractivity contribution in [3.63, 3.8) is 0 Å². The number of nitrogens with one attached hydrogen (secondary N) is 2. The molecule has 0 heterocycles. The molecule has 0 radical (unpaired) electrons. The van der Waals surface area contributed by atoms with Gasteiger partial charge in [-0.3, -0.25) is 0 Å². The molecule has 1 aromatic carbocycles. The molecule has 21 heavy (non-hydrogen) atoms. The number of methoxy groups -OCH3 is 1. The van der Waals surface area contributed by atoms with Crippen molar-refractivity contribution in [2.75, 3.05) is 19.5 Å². The van der Waals surface area contributed by atoms with Crippen molar-refractivity contribution in [2.24, 2.45) is 0 Å². The molecular formula is C15H24N2O3S. The lowest BCUT2D eigenvalue weighted by Gasteiger charge is -2.32. The van der Waals surface area contributed by atoms with Crippen LogP contribution in [0.4, 0.5) is 5.69 Å². The highest BCUT2D eigenvalue weighted by Gasteiger charge is 2.25. The van der Waals surface area contributed by atoms with Gasteiger partial charge in [-0.2, -0.15) is 0 Å². The SMILES string of the molecule is CNS(=O)(=O)c1cc(NC2CCCCC2OC)ccc1C. The van der Waals surface area contributed by atoms with E-state index in [1.807, 2.05) is 12.1 Å². The summed E-state index contributed by atoms with van der Waals surface area (Å²) >= 11 is 0. The number of anilines is 1. The number of hydrogen-bond acceptors (Lipinski definition) is 4. The summed E-state index contributed by atoms with van der Waals surface area (Å²) in [6.07, 6.45) is 4.63. The molecule has 0 bridgehead atoms. The fourth-order valence-electron chi connectivity index (χ4n) is 2.85. The summed E-state index contributed by atoms with van der Waals surface area (Å²) in [6.45, 7) is 1.80. The average molecular weight is 312 g/mol. The molecule has 1 fully saturated rings. The maximum Gasteiger partial charge on any atom is 0.240 e. The number of benzene rings is 1. The summed E-state index contributed by atoms with van der Waals surface area (Å²) in [7, 11) is -0.272. The molecule has 5 nitrogen and oxygen atoms in total. The van der Waals surface area contributed by atoms with E-state index >= 15 is 0 Å². The molecule has 2 rings (SSSR count). The Hall–Kier alpha value is -1.11. The van der Waals surface area contributed by atoms with Gasteiger partial charge in [0.1, 0.15) is 0 Å². The van der Waals surface area contributed by atoms with Gasteiger partial charge in [-0.1, -0.05) is 18.9 Å². The van der Waals surface area contributed by atoms with Gasteiger partial charge < -0.3 is 10.1 Å². The van der Waals surface area contributed by atoms with Gasteiger partial charge >= 0.3 is 0 Å². The first-order valence-corrected chi connectivity index (χ1v) is 8.80. The van der Waals surface area contributed by atoms with Crippen LogP contribution in [-0.2, 0) is 14.8 Å². The summed E-state index contributed by atoms with van der Waals surface area (Å²) in [4.78, 5) is 0.319. The minimum atomic E-state index is -3.43. The van der Waals surface area contributed by atoms with E-state index in [0.717, 1.165) is 24.1 Å². The van der Waals surface area contributed by atoms with E-state index in [4.69, 9.17) is 4.74 Å². The Morgan fingerprint density at radius 3 is 2.62 bits per heavy atom. The van der Waals surface area contributed by atoms with Gasteiger partial charge in [0.2, 0.25) is 10.0 Å². The van der Waals surface area contributed by atoms with Crippen molar-refractivity contribution in [1.82, 2.24) is 4.72 Å². The summed E-state index contributed by atoms with van der Waals surface area (Å²) in [5.41, 5.74) is 1.56. The first-order chi connectivity index (χ1) is 9.97. The predicted octanol–water partition coefficient (Wildman–Crippen LogP) is 2.27. The maximum absolute atomic E-state index is 12.0. The van der Waals surface area contributed by atoms with Crippen LogP contribution in [0.2, 0.25) is 0 Å². The molecular weight excluding hydrogens is 288 g/mol. The zero-order chi connectivity index (χ0) is 15.5. The first-order valence-electron chi connectivity index (χ1n) is 7.31. The van der Waals surface area contributed by atoms with Crippen LogP contribution < -0.4 is 10.0 Å². The van der Waals surface area contributed by atoms with Crippen molar-refractivity contribution in [3.8, 4) is 0 Å². The van der Waals surface area contributed by atoms with Crippen molar-refractivity contribution < 1.29 is 13.2 Å². The molecule has 1 aliphatic carbocycles. The van der Waals surface area contributed by atoms with Crippen molar-refractivity contribution in [3.05, 3.63) is 23.8 Å². The number of rotatable bonds is 5. The van der Waals surface area contributed by atoms with Crippen LogP contribution in [0.3, 0.4) is 0 Å². The fraction of sp³-hybridized carbons (Fsp3) is 0.600. The van der Waals surface area contributed by atoms with Gasteiger partial charge in [-0.15, -0.1) is 0 Å².